The van der Waals surface area contributed by atoms with E-state index in [0.29, 0.717) is 23.4 Å². The summed E-state index contributed by atoms with van der Waals surface area (Å²) in [4.78, 5) is 20.6. The highest BCUT2D eigenvalue weighted by molar-refractivity contribution is 7.26. The standard InChI is InChI=1S/C48H28N4OS/c1-3-14-30(15-4-1)45-50-46(34-24-23-29-13-7-8-18-32(29)25-34)52-47(51-45)35-26-33-19-9-10-20-36(33)38(27-35)42-43-40(53-48(49-43)31-16-5-2-6-17-31)28-39-37-21-11-12-22-41(37)54-44(39)42/h1-28H. The highest BCUT2D eigenvalue weighted by atomic mass is 32.1. The Hall–Kier alpha value is -7.02. The van der Waals surface area contributed by atoms with Gasteiger partial charge in [0.05, 0.1) is 0 Å². The first-order chi connectivity index (χ1) is 26.7. The van der Waals surface area contributed by atoms with E-state index in [2.05, 4.69) is 109 Å². The largest absolute Gasteiger partial charge is 0.436 e. The summed E-state index contributed by atoms with van der Waals surface area (Å²) in [6, 6.07) is 58.7. The third-order valence-electron chi connectivity index (χ3n) is 10.1. The molecule has 5 nitrogen and oxygen atoms in total. The first kappa shape index (κ1) is 30.6. The van der Waals surface area contributed by atoms with Gasteiger partial charge in [0.25, 0.3) is 0 Å². The van der Waals surface area contributed by atoms with Crippen LogP contribution in [0.15, 0.2) is 174 Å². The van der Waals surface area contributed by atoms with Crippen molar-refractivity contribution in [3.05, 3.63) is 170 Å². The van der Waals surface area contributed by atoms with E-state index in [0.717, 1.165) is 70.7 Å². The molecule has 0 atom stereocenters. The van der Waals surface area contributed by atoms with Crippen LogP contribution in [0, 0.1) is 0 Å². The number of oxazole rings is 1. The second-order valence-electron chi connectivity index (χ2n) is 13.4. The second-order valence-corrected chi connectivity index (χ2v) is 14.5. The molecule has 252 valence electrons. The number of hydrogen-bond donors (Lipinski definition) is 0. The van der Waals surface area contributed by atoms with Crippen LogP contribution in [-0.2, 0) is 0 Å². The number of thiophene rings is 1. The number of nitrogens with zero attached hydrogens (tertiary/aromatic N) is 4. The van der Waals surface area contributed by atoms with Crippen LogP contribution in [-0.4, -0.2) is 19.9 Å². The van der Waals surface area contributed by atoms with Crippen LogP contribution in [0.2, 0.25) is 0 Å². The van der Waals surface area contributed by atoms with Crippen LogP contribution in [0.1, 0.15) is 0 Å². The van der Waals surface area contributed by atoms with E-state index < -0.39 is 0 Å². The SMILES string of the molecule is c1ccc(-c2nc(-c3ccc4ccccc4c3)nc(-c3cc(-c4c5nc(-c6ccccc6)oc5cc5c4sc4ccccc45)c4ccccc4c3)n2)cc1. The fraction of sp³-hybridized carbons (Fsp3) is 0. The molecule has 6 heteroatoms. The minimum absolute atomic E-state index is 0.597. The molecule has 3 aromatic heterocycles. The van der Waals surface area contributed by atoms with E-state index in [1.807, 2.05) is 60.7 Å². The van der Waals surface area contributed by atoms with Gasteiger partial charge in [0.2, 0.25) is 5.89 Å². The van der Waals surface area contributed by atoms with E-state index in [1.165, 1.54) is 15.5 Å². The van der Waals surface area contributed by atoms with Gasteiger partial charge in [-0.3, -0.25) is 0 Å². The van der Waals surface area contributed by atoms with Gasteiger partial charge < -0.3 is 4.42 Å². The molecule has 0 fully saturated rings. The fourth-order valence-electron chi connectivity index (χ4n) is 7.52. The Bertz CT molecular complexity index is 3220. The van der Waals surface area contributed by atoms with Gasteiger partial charge in [0.1, 0.15) is 5.52 Å². The minimum atomic E-state index is 0.597. The summed E-state index contributed by atoms with van der Waals surface area (Å²) >= 11 is 1.79. The lowest BCUT2D eigenvalue weighted by Gasteiger charge is -2.13. The molecule has 11 aromatic rings. The maximum atomic E-state index is 6.59. The van der Waals surface area contributed by atoms with Crippen molar-refractivity contribution in [3.8, 4) is 56.7 Å². The third-order valence-corrected chi connectivity index (χ3v) is 11.3. The Labute approximate surface area is 313 Å². The topological polar surface area (TPSA) is 64.7 Å². The predicted molar refractivity (Wildman–Crippen MR) is 222 cm³/mol. The van der Waals surface area contributed by atoms with Gasteiger partial charge in [-0.15, -0.1) is 11.3 Å². The number of rotatable bonds is 5. The zero-order valence-electron chi connectivity index (χ0n) is 28.8. The smallest absolute Gasteiger partial charge is 0.227 e. The quantitative estimate of drug-likeness (QED) is 0.178. The monoisotopic (exact) mass is 708 g/mol. The Morgan fingerprint density at radius 1 is 0.407 bits per heavy atom. The fourth-order valence-corrected chi connectivity index (χ4v) is 8.76. The minimum Gasteiger partial charge on any atom is -0.436 e. The summed E-state index contributed by atoms with van der Waals surface area (Å²) in [6.45, 7) is 0. The Morgan fingerprint density at radius 3 is 1.81 bits per heavy atom. The lowest BCUT2D eigenvalue weighted by atomic mass is 9.93. The lowest BCUT2D eigenvalue weighted by molar-refractivity contribution is 0.620. The van der Waals surface area contributed by atoms with E-state index >= 15 is 0 Å². The summed E-state index contributed by atoms with van der Waals surface area (Å²) in [5.41, 5.74) is 7.36. The van der Waals surface area contributed by atoms with Gasteiger partial charge in [0, 0.05) is 48.0 Å². The van der Waals surface area contributed by atoms with Crippen molar-refractivity contribution >= 4 is 64.2 Å². The average molecular weight is 709 g/mol. The first-order valence-electron chi connectivity index (χ1n) is 17.9. The van der Waals surface area contributed by atoms with Crippen LogP contribution >= 0.6 is 11.3 Å². The summed E-state index contributed by atoms with van der Waals surface area (Å²) in [6.07, 6.45) is 0. The van der Waals surface area contributed by atoms with Crippen molar-refractivity contribution in [1.82, 2.24) is 19.9 Å². The van der Waals surface area contributed by atoms with Crippen molar-refractivity contribution in [1.29, 1.82) is 0 Å². The van der Waals surface area contributed by atoms with Crippen molar-refractivity contribution < 1.29 is 4.42 Å². The number of benzene rings is 8. The van der Waals surface area contributed by atoms with E-state index in [4.69, 9.17) is 24.4 Å². The third kappa shape index (κ3) is 5.07. The van der Waals surface area contributed by atoms with E-state index in [-0.39, 0.29) is 0 Å². The van der Waals surface area contributed by atoms with Gasteiger partial charge in [-0.05, 0) is 69.6 Å². The Balaban J connectivity index is 1.20. The van der Waals surface area contributed by atoms with Gasteiger partial charge in [-0.2, -0.15) is 0 Å². The molecule has 0 radical (unpaired) electrons. The maximum Gasteiger partial charge on any atom is 0.227 e. The molecule has 0 saturated heterocycles. The van der Waals surface area contributed by atoms with Gasteiger partial charge >= 0.3 is 0 Å². The zero-order valence-corrected chi connectivity index (χ0v) is 29.6. The Morgan fingerprint density at radius 2 is 1.02 bits per heavy atom. The van der Waals surface area contributed by atoms with Gasteiger partial charge in [-0.1, -0.05) is 127 Å². The molecule has 0 aliphatic heterocycles. The van der Waals surface area contributed by atoms with Crippen LogP contribution in [0.3, 0.4) is 0 Å². The molecule has 0 amide bonds. The number of hydrogen-bond acceptors (Lipinski definition) is 6. The summed E-state index contributed by atoms with van der Waals surface area (Å²) in [7, 11) is 0. The van der Waals surface area contributed by atoms with Gasteiger partial charge in [0.15, 0.2) is 23.1 Å². The van der Waals surface area contributed by atoms with Crippen molar-refractivity contribution in [3.63, 3.8) is 0 Å². The average Bonchev–Trinajstić information content (AvgIpc) is 3.84. The van der Waals surface area contributed by atoms with Crippen LogP contribution in [0.4, 0.5) is 0 Å². The molecular formula is C48H28N4OS. The number of aromatic nitrogens is 4. The van der Waals surface area contributed by atoms with Crippen LogP contribution < -0.4 is 0 Å². The molecule has 8 aromatic carbocycles. The highest BCUT2D eigenvalue weighted by Gasteiger charge is 2.23. The molecule has 0 saturated carbocycles. The molecule has 54 heavy (non-hydrogen) atoms. The molecular weight excluding hydrogens is 681 g/mol. The summed E-state index contributed by atoms with van der Waals surface area (Å²) < 4.78 is 8.97. The summed E-state index contributed by atoms with van der Waals surface area (Å²) in [5.74, 6) is 2.44. The molecule has 0 aliphatic rings. The van der Waals surface area contributed by atoms with Crippen LogP contribution in [0.25, 0.3) is 110 Å². The Kier molecular flexibility index (Phi) is 6.97. The predicted octanol–water partition coefficient (Wildman–Crippen LogP) is 13.0. The normalized spacial score (nSPS) is 11.7. The molecule has 0 unspecified atom stereocenters. The van der Waals surface area contributed by atoms with Crippen molar-refractivity contribution in [2.75, 3.05) is 0 Å². The molecule has 11 rings (SSSR count). The van der Waals surface area contributed by atoms with Crippen LogP contribution in [0.5, 0.6) is 0 Å². The van der Waals surface area contributed by atoms with Crippen molar-refractivity contribution in [2.24, 2.45) is 0 Å². The molecule has 3 heterocycles. The van der Waals surface area contributed by atoms with Gasteiger partial charge in [-0.25, -0.2) is 19.9 Å². The first-order valence-corrected chi connectivity index (χ1v) is 18.7. The highest BCUT2D eigenvalue weighted by Crippen LogP contribution is 2.47. The van der Waals surface area contributed by atoms with Crippen molar-refractivity contribution in [2.45, 2.75) is 0 Å². The second kappa shape index (κ2) is 12.3. The molecule has 0 aliphatic carbocycles. The maximum absolute atomic E-state index is 6.59. The van der Waals surface area contributed by atoms with E-state index in [9.17, 15) is 0 Å². The lowest BCUT2D eigenvalue weighted by Crippen LogP contribution is -2.00. The van der Waals surface area contributed by atoms with E-state index in [1.54, 1.807) is 11.3 Å². The molecule has 0 bridgehead atoms. The molecule has 0 N–H and O–H groups in total. The zero-order chi connectivity index (χ0) is 35.6. The summed E-state index contributed by atoms with van der Waals surface area (Å²) in [5, 5.41) is 6.84. The number of fused-ring (bicyclic) bond motifs is 6. The molecule has 0 spiro atoms.